The first-order valence-electron chi connectivity index (χ1n) is 7.22. The third-order valence-electron chi connectivity index (χ3n) is 3.22. The van der Waals surface area contributed by atoms with Crippen LogP contribution in [-0.4, -0.2) is 38.7 Å². The highest BCUT2D eigenvalue weighted by Gasteiger charge is 2.42. The second-order valence-electron chi connectivity index (χ2n) is 6.33. The van der Waals surface area contributed by atoms with E-state index in [2.05, 4.69) is 10.1 Å². The lowest BCUT2D eigenvalue weighted by atomic mass is 10.1. The van der Waals surface area contributed by atoms with Crippen molar-refractivity contribution < 1.29 is 14.7 Å². The van der Waals surface area contributed by atoms with Crippen LogP contribution in [0.15, 0.2) is 29.7 Å². The lowest BCUT2D eigenvalue weighted by Gasteiger charge is -2.33. The third-order valence-corrected chi connectivity index (χ3v) is 3.22. The molecule has 1 fully saturated rings. The fourth-order valence-electron chi connectivity index (χ4n) is 2.20. The number of oxime groups is 1. The maximum Gasteiger partial charge on any atom is 0.411 e. The maximum absolute atomic E-state index is 12.6. The standard InChI is InChI=1S/C15H22N4O3/c1-15(2,3)22-14(20)19(11-6-7-11)12(13(16)18-21)10-5-4-8-17-9-10/h4-5,8-9,11-12,21H,6-7H2,1-3H3,(H2,16,18)/t12-/m1/s1. The molecule has 1 aliphatic carbocycles. The summed E-state index contributed by atoms with van der Waals surface area (Å²) in [6.45, 7) is 5.41. The molecule has 7 heteroatoms. The predicted octanol–water partition coefficient (Wildman–Crippen LogP) is 2.27. The zero-order valence-electron chi connectivity index (χ0n) is 13.1. The van der Waals surface area contributed by atoms with E-state index in [0.717, 1.165) is 12.8 Å². The second kappa shape index (κ2) is 6.21. The van der Waals surface area contributed by atoms with Crippen LogP contribution in [0.5, 0.6) is 0 Å². The Balaban J connectivity index is 2.36. The molecular weight excluding hydrogens is 284 g/mol. The first-order valence-corrected chi connectivity index (χ1v) is 7.22. The van der Waals surface area contributed by atoms with Crippen molar-refractivity contribution in [3.05, 3.63) is 30.1 Å². The summed E-state index contributed by atoms with van der Waals surface area (Å²) in [5.41, 5.74) is 5.90. The Bertz CT molecular complexity index is 550. The Morgan fingerprint density at radius 3 is 2.68 bits per heavy atom. The number of aromatic nitrogens is 1. The number of hydrogen-bond acceptors (Lipinski definition) is 5. The van der Waals surface area contributed by atoms with Crippen LogP contribution in [0.3, 0.4) is 0 Å². The number of ether oxygens (including phenoxy) is 1. The zero-order valence-corrected chi connectivity index (χ0v) is 13.1. The molecule has 3 N–H and O–H groups in total. The van der Waals surface area contributed by atoms with Gasteiger partial charge in [0.15, 0.2) is 5.84 Å². The van der Waals surface area contributed by atoms with Crippen LogP contribution in [-0.2, 0) is 4.74 Å². The highest BCUT2D eigenvalue weighted by atomic mass is 16.6. The number of amides is 1. The summed E-state index contributed by atoms with van der Waals surface area (Å²) in [6.07, 6.45) is 4.49. The van der Waals surface area contributed by atoms with Crippen molar-refractivity contribution in [1.82, 2.24) is 9.88 Å². The van der Waals surface area contributed by atoms with Gasteiger partial charge in [0.2, 0.25) is 0 Å². The SMILES string of the molecule is CC(C)(C)OC(=O)N(C1CC1)[C@@H](C(N)=NO)c1cccnc1. The van der Waals surface area contributed by atoms with Crippen LogP contribution in [0, 0.1) is 0 Å². The van der Waals surface area contributed by atoms with Crippen molar-refractivity contribution in [3.8, 4) is 0 Å². The predicted molar refractivity (Wildman–Crippen MR) is 81.5 cm³/mol. The first-order chi connectivity index (χ1) is 10.3. The fraction of sp³-hybridized carbons (Fsp3) is 0.533. The molecule has 0 radical (unpaired) electrons. The summed E-state index contributed by atoms with van der Waals surface area (Å²) in [6, 6.07) is 2.87. The molecule has 1 amide bonds. The van der Waals surface area contributed by atoms with Crippen molar-refractivity contribution in [1.29, 1.82) is 0 Å². The Morgan fingerprint density at radius 1 is 1.55 bits per heavy atom. The van der Waals surface area contributed by atoms with E-state index in [0.29, 0.717) is 5.56 Å². The molecule has 1 atom stereocenters. The summed E-state index contributed by atoms with van der Waals surface area (Å²) in [4.78, 5) is 18.2. The Kier molecular flexibility index (Phi) is 4.54. The quantitative estimate of drug-likeness (QED) is 0.384. The van der Waals surface area contributed by atoms with Gasteiger partial charge < -0.3 is 15.7 Å². The minimum Gasteiger partial charge on any atom is -0.444 e. The van der Waals surface area contributed by atoms with Crippen LogP contribution < -0.4 is 5.73 Å². The molecule has 1 aromatic heterocycles. The van der Waals surface area contributed by atoms with E-state index in [1.165, 1.54) is 4.90 Å². The zero-order chi connectivity index (χ0) is 16.3. The third kappa shape index (κ3) is 3.87. The minimum absolute atomic E-state index is 0.0281. The summed E-state index contributed by atoms with van der Waals surface area (Å²) in [5, 5.41) is 12.2. The lowest BCUT2D eigenvalue weighted by Crippen LogP contribution is -2.45. The molecule has 0 spiro atoms. The highest BCUT2D eigenvalue weighted by molar-refractivity contribution is 5.89. The van der Waals surface area contributed by atoms with E-state index in [4.69, 9.17) is 15.7 Å². The summed E-state index contributed by atoms with van der Waals surface area (Å²) >= 11 is 0. The number of nitrogens with two attached hydrogens (primary N) is 1. The number of rotatable bonds is 4. The first kappa shape index (κ1) is 16.1. The number of nitrogens with zero attached hydrogens (tertiary/aromatic N) is 3. The van der Waals surface area contributed by atoms with Gasteiger partial charge in [-0.1, -0.05) is 11.2 Å². The minimum atomic E-state index is -0.693. The molecule has 0 unspecified atom stereocenters. The van der Waals surface area contributed by atoms with Crippen LogP contribution in [0.2, 0.25) is 0 Å². The number of carbonyl (C=O) groups is 1. The van der Waals surface area contributed by atoms with Gasteiger partial charge in [-0.25, -0.2) is 4.79 Å². The van der Waals surface area contributed by atoms with E-state index in [1.807, 2.05) is 0 Å². The van der Waals surface area contributed by atoms with E-state index in [9.17, 15) is 4.79 Å². The normalized spacial score (nSPS) is 17.0. The van der Waals surface area contributed by atoms with Crippen molar-refractivity contribution in [2.75, 3.05) is 0 Å². The topological polar surface area (TPSA) is 101 Å². The summed E-state index contributed by atoms with van der Waals surface area (Å²) in [5.74, 6) is -0.0641. The monoisotopic (exact) mass is 306 g/mol. The van der Waals surface area contributed by atoms with Crippen LogP contribution in [0.25, 0.3) is 0 Å². The molecular formula is C15H22N4O3. The van der Waals surface area contributed by atoms with Crippen molar-refractivity contribution in [2.24, 2.45) is 10.9 Å². The van der Waals surface area contributed by atoms with Crippen molar-refractivity contribution in [3.63, 3.8) is 0 Å². The van der Waals surface area contributed by atoms with Gasteiger partial charge in [-0.05, 0) is 39.7 Å². The summed E-state index contributed by atoms with van der Waals surface area (Å²) in [7, 11) is 0. The van der Waals surface area contributed by atoms with Crippen LogP contribution >= 0.6 is 0 Å². The highest BCUT2D eigenvalue weighted by Crippen LogP contribution is 2.35. The van der Waals surface area contributed by atoms with E-state index >= 15 is 0 Å². The summed E-state index contributed by atoms with van der Waals surface area (Å²) < 4.78 is 5.47. The van der Waals surface area contributed by atoms with Gasteiger partial charge in [-0.3, -0.25) is 9.88 Å². The number of hydrogen-bond donors (Lipinski definition) is 2. The molecule has 1 saturated carbocycles. The van der Waals surface area contributed by atoms with E-state index in [-0.39, 0.29) is 11.9 Å². The lowest BCUT2D eigenvalue weighted by molar-refractivity contribution is 0.0189. The molecule has 1 aliphatic rings. The molecule has 7 nitrogen and oxygen atoms in total. The molecule has 120 valence electrons. The van der Waals surface area contributed by atoms with Gasteiger partial charge in [0.1, 0.15) is 11.6 Å². The van der Waals surface area contributed by atoms with Gasteiger partial charge in [0, 0.05) is 24.0 Å². The average molecular weight is 306 g/mol. The average Bonchev–Trinajstić information content (AvgIpc) is 3.27. The number of pyridine rings is 1. The number of carbonyl (C=O) groups excluding carboxylic acids is 1. The van der Waals surface area contributed by atoms with Gasteiger partial charge in [-0.2, -0.15) is 0 Å². The molecule has 0 aliphatic heterocycles. The van der Waals surface area contributed by atoms with Gasteiger partial charge >= 0.3 is 6.09 Å². The number of amidine groups is 1. The van der Waals surface area contributed by atoms with Crippen LogP contribution in [0.1, 0.15) is 45.2 Å². The molecule has 1 heterocycles. The molecule has 1 aromatic rings. The largest absolute Gasteiger partial charge is 0.444 e. The smallest absolute Gasteiger partial charge is 0.411 e. The Morgan fingerprint density at radius 2 is 2.23 bits per heavy atom. The second-order valence-corrected chi connectivity index (χ2v) is 6.33. The molecule has 0 bridgehead atoms. The molecule has 0 saturated heterocycles. The molecule has 22 heavy (non-hydrogen) atoms. The van der Waals surface area contributed by atoms with Crippen molar-refractivity contribution in [2.45, 2.75) is 51.3 Å². The van der Waals surface area contributed by atoms with Gasteiger partial charge in [0.05, 0.1) is 0 Å². The van der Waals surface area contributed by atoms with Gasteiger partial charge in [-0.15, -0.1) is 0 Å². The van der Waals surface area contributed by atoms with E-state index < -0.39 is 17.7 Å². The molecule has 2 rings (SSSR count). The maximum atomic E-state index is 12.6. The van der Waals surface area contributed by atoms with Gasteiger partial charge in [0.25, 0.3) is 0 Å². The fourth-order valence-corrected chi connectivity index (χ4v) is 2.20. The Hall–Kier alpha value is -2.31. The molecule has 0 aromatic carbocycles. The van der Waals surface area contributed by atoms with E-state index in [1.54, 1.807) is 45.3 Å². The van der Waals surface area contributed by atoms with Crippen molar-refractivity contribution >= 4 is 11.9 Å². The Labute approximate surface area is 129 Å². The van der Waals surface area contributed by atoms with Crippen LogP contribution in [0.4, 0.5) is 4.79 Å².